The third kappa shape index (κ3) is 3.39. The maximum atomic E-state index is 12.3. The zero-order valence-corrected chi connectivity index (χ0v) is 11.2. The Balaban J connectivity index is 1.83. The number of methoxy groups -OCH3 is 1. The summed E-state index contributed by atoms with van der Waals surface area (Å²) in [5.74, 6) is 0. The molecule has 7 heteroatoms. The van der Waals surface area contributed by atoms with E-state index in [1.807, 2.05) is 0 Å². The third-order valence-corrected chi connectivity index (χ3v) is 4.37. The Morgan fingerprint density at radius 2 is 1.79 bits per heavy atom. The van der Waals surface area contributed by atoms with Crippen LogP contribution in [0.15, 0.2) is 0 Å². The van der Waals surface area contributed by atoms with Crippen molar-refractivity contribution in [1.82, 2.24) is 9.80 Å². The van der Waals surface area contributed by atoms with Gasteiger partial charge in [-0.25, -0.2) is 0 Å². The molecule has 0 aromatic rings. The molecule has 1 saturated carbocycles. The van der Waals surface area contributed by atoms with Crippen molar-refractivity contribution in [1.29, 1.82) is 0 Å². The molecule has 19 heavy (non-hydrogen) atoms. The molecule has 0 aromatic heterocycles. The lowest BCUT2D eigenvalue weighted by molar-refractivity contribution is -0.155. The number of rotatable bonds is 4. The average Bonchev–Trinajstić information content (AvgIpc) is 2.29. The summed E-state index contributed by atoms with van der Waals surface area (Å²) in [6, 6.07) is 0. The first-order valence-corrected chi connectivity index (χ1v) is 6.65. The SMILES string of the molecule is COC1CC(CN)(N2CCN(CC(F)(F)F)CC2)C1. The van der Waals surface area contributed by atoms with Crippen molar-refractivity contribution in [2.24, 2.45) is 5.73 Å². The molecule has 1 saturated heterocycles. The van der Waals surface area contributed by atoms with E-state index in [2.05, 4.69) is 4.90 Å². The smallest absolute Gasteiger partial charge is 0.381 e. The molecule has 0 radical (unpaired) electrons. The lowest BCUT2D eigenvalue weighted by Crippen LogP contribution is -2.67. The van der Waals surface area contributed by atoms with Crippen LogP contribution in [0.2, 0.25) is 0 Å². The van der Waals surface area contributed by atoms with Crippen molar-refractivity contribution < 1.29 is 17.9 Å². The fourth-order valence-electron chi connectivity index (χ4n) is 3.14. The Kier molecular flexibility index (Phi) is 4.39. The van der Waals surface area contributed by atoms with E-state index in [0.29, 0.717) is 32.7 Å². The second-order valence-electron chi connectivity index (χ2n) is 5.57. The molecular weight excluding hydrogens is 259 g/mol. The number of ether oxygens (including phenoxy) is 1. The molecule has 0 spiro atoms. The summed E-state index contributed by atoms with van der Waals surface area (Å²) in [5, 5.41) is 0. The fraction of sp³-hybridized carbons (Fsp3) is 1.00. The number of nitrogens with zero attached hydrogens (tertiary/aromatic N) is 2. The molecule has 112 valence electrons. The predicted octanol–water partition coefficient (Wildman–Crippen LogP) is 0.673. The number of alkyl halides is 3. The van der Waals surface area contributed by atoms with E-state index in [9.17, 15) is 13.2 Å². The van der Waals surface area contributed by atoms with Crippen LogP contribution >= 0.6 is 0 Å². The first-order chi connectivity index (χ1) is 8.88. The maximum absolute atomic E-state index is 12.3. The van der Waals surface area contributed by atoms with Gasteiger partial charge in [-0.3, -0.25) is 9.80 Å². The zero-order valence-electron chi connectivity index (χ0n) is 11.2. The Bertz CT molecular complexity index is 297. The summed E-state index contributed by atoms with van der Waals surface area (Å²) in [7, 11) is 1.69. The molecule has 0 amide bonds. The summed E-state index contributed by atoms with van der Waals surface area (Å²) >= 11 is 0. The summed E-state index contributed by atoms with van der Waals surface area (Å²) in [6.45, 7) is 1.97. The molecule has 2 aliphatic rings. The minimum Gasteiger partial charge on any atom is -0.381 e. The topological polar surface area (TPSA) is 41.7 Å². The Labute approximate surface area is 111 Å². The quantitative estimate of drug-likeness (QED) is 0.822. The second-order valence-corrected chi connectivity index (χ2v) is 5.57. The van der Waals surface area contributed by atoms with Crippen LogP contribution in [-0.4, -0.2) is 74.0 Å². The van der Waals surface area contributed by atoms with Crippen LogP contribution in [-0.2, 0) is 4.74 Å². The van der Waals surface area contributed by atoms with Crippen molar-refractivity contribution in [3.8, 4) is 0 Å². The summed E-state index contributed by atoms with van der Waals surface area (Å²) in [5.41, 5.74) is 5.81. The van der Waals surface area contributed by atoms with E-state index in [1.54, 1.807) is 7.11 Å². The first kappa shape index (κ1) is 15.0. The van der Waals surface area contributed by atoms with Gasteiger partial charge in [0.15, 0.2) is 0 Å². The third-order valence-electron chi connectivity index (χ3n) is 4.37. The molecule has 0 unspecified atom stereocenters. The molecule has 2 fully saturated rings. The van der Waals surface area contributed by atoms with Crippen molar-refractivity contribution in [3.05, 3.63) is 0 Å². The van der Waals surface area contributed by atoms with Gasteiger partial charge in [-0.2, -0.15) is 13.2 Å². The van der Waals surface area contributed by atoms with Crippen molar-refractivity contribution in [3.63, 3.8) is 0 Å². The van der Waals surface area contributed by atoms with Crippen LogP contribution in [0.5, 0.6) is 0 Å². The minimum absolute atomic E-state index is 0.0506. The van der Waals surface area contributed by atoms with Crippen LogP contribution in [0.4, 0.5) is 13.2 Å². The lowest BCUT2D eigenvalue weighted by atomic mass is 9.72. The average molecular weight is 281 g/mol. The van der Waals surface area contributed by atoms with Crippen LogP contribution in [0.3, 0.4) is 0 Å². The van der Waals surface area contributed by atoms with Gasteiger partial charge in [0, 0.05) is 45.4 Å². The van der Waals surface area contributed by atoms with Gasteiger partial charge in [0.25, 0.3) is 0 Å². The van der Waals surface area contributed by atoms with Gasteiger partial charge in [0.2, 0.25) is 0 Å². The monoisotopic (exact) mass is 281 g/mol. The number of halogens is 3. The van der Waals surface area contributed by atoms with Gasteiger partial charge in [-0.15, -0.1) is 0 Å². The molecule has 1 aliphatic carbocycles. The van der Waals surface area contributed by atoms with Gasteiger partial charge >= 0.3 is 6.18 Å². The molecule has 0 aromatic carbocycles. The van der Waals surface area contributed by atoms with E-state index in [1.165, 1.54) is 4.90 Å². The van der Waals surface area contributed by atoms with E-state index in [4.69, 9.17) is 10.5 Å². The van der Waals surface area contributed by atoms with Crippen LogP contribution in [0.1, 0.15) is 12.8 Å². The number of hydrogen-bond donors (Lipinski definition) is 1. The van der Waals surface area contributed by atoms with Crippen LogP contribution in [0, 0.1) is 0 Å². The number of nitrogens with two attached hydrogens (primary N) is 1. The van der Waals surface area contributed by atoms with E-state index in [0.717, 1.165) is 12.8 Å². The predicted molar refractivity (Wildman–Crippen MR) is 65.9 cm³/mol. The first-order valence-electron chi connectivity index (χ1n) is 6.65. The van der Waals surface area contributed by atoms with Crippen molar-refractivity contribution in [2.45, 2.75) is 30.7 Å². The Hall–Kier alpha value is -0.370. The van der Waals surface area contributed by atoms with Gasteiger partial charge in [0.05, 0.1) is 12.6 Å². The van der Waals surface area contributed by atoms with E-state index in [-0.39, 0.29) is 11.6 Å². The molecular formula is C12H22F3N3O. The van der Waals surface area contributed by atoms with Gasteiger partial charge < -0.3 is 10.5 Å². The van der Waals surface area contributed by atoms with Gasteiger partial charge in [-0.1, -0.05) is 0 Å². The number of piperazine rings is 1. The molecule has 1 heterocycles. The summed E-state index contributed by atoms with van der Waals surface area (Å²) < 4.78 is 42.2. The second kappa shape index (κ2) is 5.55. The van der Waals surface area contributed by atoms with Gasteiger partial charge in [0.1, 0.15) is 0 Å². The zero-order chi connectivity index (χ0) is 14.1. The standard InChI is InChI=1S/C12H22F3N3O/c1-19-10-6-11(7-10,8-16)18-4-2-17(3-5-18)9-12(13,14)15/h10H,2-9,16H2,1H3. The summed E-state index contributed by atoms with van der Waals surface area (Å²) in [4.78, 5) is 3.71. The molecule has 2 rings (SSSR count). The normalized spacial score (nSPS) is 34.3. The van der Waals surface area contributed by atoms with E-state index >= 15 is 0 Å². The highest BCUT2D eigenvalue weighted by Crippen LogP contribution is 2.39. The Morgan fingerprint density at radius 1 is 1.21 bits per heavy atom. The van der Waals surface area contributed by atoms with Gasteiger partial charge in [-0.05, 0) is 12.8 Å². The fourth-order valence-corrected chi connectivity index (χ4v) is 3.14. The Morgan fingerprint density at radius 3 is 2.21 bits per heavy atom. The molecule has 1 aliphatic heterocycles. The summed E-state index contributed by atoms with van der Waals surface area (Å²) in [6.07, 6.45) is -2.08. The molecule has 0 bridgehead atoms. The molecule has 2 N–H and O–H groups in total. The lowest BCUT2D eigenvalue weighted by Gasteiger charge is -2.55. The molecule has 4 nitrogen and oxygen atoms in total. The highest BCUT2D eigenvalue weighted by Gasteiger charge is 2.48. The highest BCUT2D eigenvalue weighted by atomic mass is 19.4. The van der Waals surface area contributed by atoms with Crippen molar-refractivity contribution >= 4 is 0 Å². The highest BCUT2D eigenvalue weighted by molar-refractivity contribution is 5.05. The van der Waals surface area contributed by atoms with Crippen molar-refractivity contribution in [2.75, 3.05) is 46.4 Å². The minimum atomic E-state index is -4.11. The number of hydrogen-bond acceptors (Lipinski definition) is 4. The van der Waals surface area contributed by atoms with Crippen LogP contribution in [0.25, 0.3) is 0 Å². The van der Waals surface area contributed by atoms with E-state index < -0.39 is 12.7 Å². The largest absolute Gasteiger partial charge is 0.401 e. The maximum Gasteiger partial charge on any atom is 0.401 e. The van der Waals surface area contributed by atoms with Crippen LogP contribution < -0.4 is 5.73 Å². The molecule has 0 atom stereocenters.